The Balaban J connectivity index is 1.17. The first-order valence-electron chi connectivity index (χ1n) is 14.2. The summed E-state index contributed by atoms with van der Waals surface area (Å²) in [7, 11) is 0. The van der Waals surface area contributed by atoms with E-state index in [1.54, 1.807) is 0 Å². The second-order valence-corrected chi connectivity index (χ2v) is 11.0. The second-order valence-electron chi connectivity index (χ2n) is 11.0. The largest absolute Gasteiger partial charge is 0.379 e. The van der Waals surface area contributed by atoms with Crippen LogP contribution in [0.3, 0.4) is 0 Å². The van der Waals surface area contributed by atoms with Gasteiger partial charge in [-0.3, -0.25) is 0 Å². The summed E-state index contributed by atoms with van der Waals surface area (Å²) in [5, 5.41) is 0. The molecule has 0 bridgehead atoms. The summed E-state index contributed by atoms with van der Waals surface area (Å²) in [5.74, 6) is -0.953. The summed E-state index contributed by atoms with van der Waals surface area (Å²) in [6.07, 6.45) is 19.0. The van der Waals surface area contributed by atoms with Crippen molar-refractivity contribution in [1.82, 2.24) is 0 Å². The van der Waals surface area contributed by atoms with Gasteiger partial charge in [-0.05, 0) is 32.1 Å². The SMILES string of the molecule is CCCCCCCCCOCC1OC2OC3(CCCCC3)OC2C2OC3(CCCCC3)OC12. The Morgan fingerprint density at radius 1 is 0.636 bits per heavy atom. The van der Waals surface area contributed by atoms with Gasteiger partial charge < -0.3 is 28.4 Å². The fourth-order valence-electron chi connectivity index (χ4n) is 6.53. The van der Waals surface area contributed by atoms with Crippen LogP contribution in [0.25, 0.3) is 0 Å². The predicted molar refractivity (Wildman–Crippen MR) is 125 cm³/mol. The molecule has 3 aliphatic heterocycles. The van der Waals surface area contributed by atoms with Crippen molar-refractivity contribution in [3.63, 3.8) is 0 Å². The average molecular weight is 467 g/mol. The number of rotatable bonds is 10. The first kappa shape index (κ1) is 24.5. The number of fused-ring (bicyclic) bond motifs is 3. The maximum atomic E-state index is 6.70. The Hall–Kier alpha value is -0.240. The van der Waals surface area contributed by atoms with Crippen molar-refractivity contribution >= 4 is 0 Å². The van der Waals surface area contributed by atoms with Gasteiger partial charge >= 0.3 is 0 Å². The van der Waals surface area contributed by atoms with Crippen LogP contribution < -0.4 is 0 Å². The summed E-state index contributed by atoms with van der Waals surface area (Å²) in [4.78, 5) is 0. The van der Waals surface area contributed by atoms with Crippen molar-refractivity contribution in [3.8, 4) is 0 Å². The third kappa shape index (κ3) is 5.62. The minimum atomic E-state index is -0.489. The lowest BCUT2D eigenvalue weighted by atomic mass is 9.94. The van der Waals surface area contributed by atoms with E-state index in [0.29, 0.717) is 6.61 Å². The zero-order valence-electron chi connectivity index (χ0n) is 20.8. The molecule has 3 heterocycles. The molecule has 5 rings (SSSR count). The summed E-state index contributed by atoms with van der Waals surface area (Å²) in [5.41, 5.74) is 0. The van der Waals surface area contributed by atoms with E-state index in [-0.39, 0.29) is 30.7 Å². The number of hydrogen-bond donors (Lipinski definition) is 0. The van der Waals surface area contributed by atoms with Gasteiger partial charge in [0.25, 0.3) is 0 Å². The lowest BCUT2D eigenvalue weighted by Crippen LogP contribution is -2.56. The van der Waals surface area contributed by atoms with Crippen LogP contribution in [0, 0.1) is 0 Å². The third-order valence-electron chi connectivity index (χ3n) is 8.38. The van der Waals surface area contributed by atoms with Crippen LogP contribution in [-0.4, -0.2) is 55.5 Å². The average Bonchev–Trinajstić information content (AvgIpc) is 3.37. The van der Waals surface area contributed by atoms with Gasteiger partial charge in [0, 0.05) is 32.3 Å². The highest BCUT2D eigenvalue weighted by atomic mass is 16.9. The molecule has 6 heteroatoms. The molecule has 2 spiro atoms. The Morgan fingerprint density at radius 3 is 1.91 bits per heavy atom. The molecule has 33 heavy (non-hydrogen) atoms. The Morgan fingerprint density at radius 2 is 1.21 bits per heavy atom. The molecule has 0 aromatic carbocycles. The van der Waals surface area contributed by atoms with Gasteiger partial charge in [-0.15, -0.1) is 0 Å². The van der Waals surface area contributed by atoms with E-state index in [4.69, 9.17) is 28.4 Å². The standard InChI is InChI=1S/C27H46O6/c1-2-3-4-5-6-7-14-19-28-20-21-22-23(31-26(30-22)15-10-8-11-16-26)24-25(29-21)33-27(32-24)17-12-9-13-18-27/h21-25H,2-20H2,1H3. The molecule has 5 fully saturated rings. The van der Waals surface area contributed by atoms with Gasteiger partial charge in [0.2, 0.25) is 0 Å². The molecule has 2 saturated carbocycles. The Labute approximate surface area is 200 Å². The van der Waals surface area contributed by atoms with Gasteiger partial charge in [-0.25, -0.2) is 0 Å². The molecule has 0 radical (unpaired) electrons. The quantitative estimate of drug-likeness (QED) is 0.368. The Kier molecular flexibility index (Phi) is 8.31. The monoisotopic (exact) mass is 466 g/mol. The second kappa shape index (κ2) is 11.2. The van der Waals surface area contributed by atoms with Gasteiger partial charge in [-0.2, -0.15) is 0 Å². The number of hydrogen-bond acceptors (Lipinski definition) is 6. The molecule has 3 saturated heterocycles. The normalized spacial score (nSPS) is 36.8. The lowest BCUT2D eigenvalue weighted by Gasteiger charge is -2.37. The maximum absolute atomic E-state index is 6.70. The van der Waals surface area contributed by atoms with Crippen LogP contribution in [0.2, 0.25) is 0 Å². The summed E-state index contributed by atoms with van der Waals surface area (Å²) >= 11 is 0. The first-order valence-corrected chi connectivity index (χ1v) is 14.2. The topological polar surface area (TPSA) is 55.4 Å². The van der Waals surface area contributed by atoms with Gasteiger partial charge in [0.15, 0.2) is 17.9 Å². The highest BCUT2D eigenvalue weighted by molar-refractivity contribution is 5.03. The van der Waals surface area contributed by atoms with E-state index < -0.39 is 11.6 Å². The molecule has 5 unspecified atom stereocenters. The van der Waals surface area contributed by atoms with Crippen molar-refractivity contribution in [1.29, 1.82) is 0 Å². The van der Waals surface area contributed by atoms with E-state index in [2.05, 4.69) is 6.92 Å². The third-order valence-corrected chi connectivity index (χ3v) is 8.38. The molecule has 0 amide bonds. The predicted octanol–water partition coefficient (Wildman–Crippen LogP) is 6.00. The number of unbranched alkanes of at least 4 members (excludes halogenated alkanes) is 6. The fourth-order valence-corrected chi connectivity index (χ4v) is 6.53. The van der Waals surface area contributed by atoms with Crippen LogP contribution in [0.5, 0.6) is 0 Å². The van der Waals surface area contributed by atoms with Crippen LogP contribution >= 0.6 is 0 Å². The van der Waals surface area contributed by atoms with Crippen LogP contribution in [-0.2, 0) is 28.4 Å². The molecule has 2 aliphatic carbocycles. The van der Waals surface area contributed by atoms with E-state index in [9.17, 15) is 0 Å². The molecule has 5 aliphatic rings. The molecule has 0 N–H and O–H groups in total. The zero-order valence-corrected chi connectivity index (χ0v) is 20.8. The minimum absolute atomic E-state index is 0.129. The summed E-state index contributed by atoms with van der Waals surface area (Å²) in [6.45, 7) is 3.59. The van der Waals surface area contributed by atoms with Gasteiger partial charge in [-0.1, -0.05) is 58.3 Å². The zero-order chi connectivity index (χ0) is 22.6. The van der Waals surface area contributed by atoms with Gasteiger partial charge in [0.05, 0.1) is 6.61 Å². The number of ether oxygens (including phenoxy) is 6. The van der Waals surface area contributed by atoms with E-state index in [0.717, 1.165) is 64.4 Å². The van der Waals surface area contributed by atoms with Crippen LogP contribution in [0.4, 0.5) is 0 Å². The molecule has 0 aromatic heterocycles. The highest BCUT2D eigenvalue weighted by Crippen LogP contribution is 2.50. The molecule has 5 atom stereocenters. The molecular weight excluding hydrogens is 420 g/mol. The molecular formula is C27H46O6. The van der Waals surface area contributed by atoms with Crippen molar-refractivity contribution in [2.45, 2.75) is 158 Å². The van der Waals surface area contributed by atoms with Crippen LogP contribution in [0.15, 0.2) is 0 Å². The van der Waals surface area contributed by atoms with Crippen molar-refractivity contribution in [2.75, 3.05) is 13.2 Å². The molecule has 190 valence electrons. The van der Waals surface area contributed by atoms with Crippen LogP contribution in [0.1, 0.15) is 116 Å². The van der Waals surface area contributed by atoms with E-state index in [1.807, 2.05) is 0 Å². The van der Waals surface area contributed by atoms with Crippen molar-refractivity contribution < 1.29 is 28.4 Å². The highest BCUT2D eigenvalue weighted by Gasteiger charge is 2.63. The maximum Gasteiger partial charge on any atom is 0.190 e. The smallest absolute Gasteiger partial charge is 0.190 e. The minimum Gasteiger partial charge on any atom is -0.379 e. The van der Waals surface area contributed by atoms with E-state index >= 15 is 0 Å². The first-order chi connectivity index (χ1) is 16.2. The summed E-state index contributed by atoms with van der Waals surface area (Å²) < 4.78 is 39.0. The summed E-state index contributed by atoms with van der Waals surface area (Å²) in [6, 6.07) is 0. The lowest BCUT2D eigenvalue weighted by molar-refractivity contribution is -0.256. The van der Waals surface area contributed by atoms with Crippen molar-refractivity contribution in [3.05, 3.63) is 0 Å². The fraction of sp³-hybridized carbons (Fsp3) is 1.00. The van der Waals surface area contributed by atoms with Crippen molar-refractivity contribution in [2.24, 2.45) is 0 Å². The molecule has 0 aromatic rings. The van der Waals surface area contributed by atoms with E-state index in [1.165, 1.54) is 51.4 Å². The van der Waals surface area contributed by atoms with Gasteiger partial charge in [0.1, 0.15) is 24.4 Å². The Bertz CT molecular complexity index is 599. The molecule has 6 nitrogen and oxygen atoms in total.